The molecule has 0 aromatic heterocycles. The van der Waals surface area contributed by atoms with Crippen molar-refractivity contribution in [2.75, 3.05) is 0 Å². The maximum atomic E-state index is 12.7. The third kappa shape index (κ3) is 1.62. The van der Waals surface area contributed by atoms with E-state index >= 15 is 0 Å². The van der Waals surface area contributed by atoms with Crippen LogP contribution < -0.4 is 0 Å². The van der Waals surface area contributed by atoms with Gasteiger partial charge in [-0.3, -0.25) is 4.79 Å². The number of aliphatic hydroxyl groups excluding tert-OH is 4. The smallest absolute Gasteiger partial charge is 0.331 e. The number of carbonyl (C=O) groups excluding carboxylic acids is 2. The van der Waals surface area contributed by atoms with Gasteiger partial charge in [-0.2, -0.15) is 0 Å². The van der Waals surface area contributed by atoms with Crippen LogP contribution in [0.4, 0.5) is 0 Å². The van der Waals surface area contributed by atoms with Crippen molar-refractivity contribution in [2.45, 2.75) is 69.1 Å². The van der Waals surface area contributed by atoms with E-state index in [-0.39, 0.29) is 0 Å². The Bertz CT molecular complexity index is 792. The molecule has 5 aliphatic rings. The van der Waals surface area contributed by atoms with Crippen molar-refractivity contribution in [1.82, 2.24) is 0 Å². The lowest BCUT2D eigenvalue weighted by Gasteiger charge is -2.58. The first-order valence-corrected chi connectivity index (χ1v) is 9.06. The Labute approximate surface area is 154 Å². The molecule has 2 aliphatic carbocycles. The van der Waals surface area contributed by atoms with E-state index in [1.54, 1.807) is 6.92 Å². The van der Waals surface area contributed by atoms with Crippen LogP contribution in [0.2, 0.25) is 0 Å². The van der Waals surface area contributed by atoms with Crippen LogP contribution in [0.5, 0.6) is 0 Å². The van der Waals surface area contributed by atoms with Gasteiger partial charge in [-0.05, 0) is 19.4 Å². The first-order valence-electron chi connectivity index (χ1n) is 9.06. The quantitative estimate of drug-likeness (QED) is 0.299. The molecule has 0 aromatic carbocycles. The highest BCUT2D eigenvalue weighted by Gasteiger charge is 2.86. The lowest BCUT2D eigenvalue weighted by atomic mass is 9.45. The van der Waals surface area contributed by atoms with Crippen LogP contribution in [-0.4, -0.2) is 80.7 Å². The molecule has 3 aliphatic heterocycles. The Kier molecular flexibility index (Phi) is 3.07. The second-order valence-corrected chi connectivity index (χ2v) is 8.78. The summed E-state index contributed by atoms with van der Waals surface area (Å²) < 4.78 is 16.8. The van der Waals surface area contributed by atoms with E-state index < -0.39 is 77.0 Å². The number of hydrogen-bond donors (Lipinski definition) is 4. The maximum absolute atomic E-state index is 12.7. The lowest BCUT2D eigenvalue weighted by molar-refractivity contribution is -0.215. The summed E-state index contributed by atoms with van der Waals surface area (Å²) in [7, 11) is 0. The summed E-state index contributed by atoms with van der Waals surface area (Å²) in [4.78, 5) is 25.0. The van der Waals surface area contributed by atoms with Gasteiger partial charge in [0, 0.05) is 17.4 Å². The van der Waals surface area contributed by atoms with Crippen molar-refractivity contribution < 1.29 is 44.2 Å². The molecule has 5 rings (SSSR count). The van der Waals surface area contributed by atoms with Gasteiger partial charge >= 0.3 is 11.9 Å². The van der Waals surface area contributed by atoms with Crippen LogP contribution in [0.25, 0.3) is 0 Å². The highest BCUT2D eigenvalue weighted by atomic mass is 16.7. The summed E-state index contributed by atoms with van der Waals surface area (Å²) in [5.41, 5.74) is -3.64. The summed E-state index contributed by atoms with van der Waals surface area (Å²) in [5, 5.41) is 42.3. The molecule has 4 fully saturated rings. The fraction of sp³-hybridized carbons (Fsp3) is 0.778. The van der Waals surface area contributed by atoms with E-state index in [0.717, 1.165) is 0 Å². The molecule has 11 atom stereocenters. The number of epoxide rings is 1. The zero-order chi connectivity index (χ0) is 19.7. The topological polar surface area (TPSA) is 146 Å². The van der Waals surface area contributed by atoms with Crippen molar-refractivity contribution in [1.29, 1.82) is 0 Å². The van der Waals surface area contributed by atoms with Crippen LogP contribution >= 0.6 is 0 Å². The number of esters is 2. The zero-order valence-corrected chi connectivity index (χ0v) is 15.0. The van der Waals surface area contributed by atoms with Gasteiger partial charge < -0.3 is 34.6 Å². The molecule has 148 valence electrons. The fourth-order valence-electron chi connectivity index (χ4n) is 6.28. The van der Waals surface area contributed by atoms with Crippen molar-refractivity contribution in [3.05, 3.63) is 11.6 Å². The molecule has 3 heterocycles. The van der Waals surface area contributed by atoms with Crippen LogP contribution in [-0.2, 0) is 23.8 Å². The van der Waals surface area contributed by atoms with Crippen LogP contribution in [0.15, 0.2) is 11.6 Å². The Hall–Kier alpha value is -1.52. The van der Waals surface area contributed by atoms with Gasteiger partial charge in [-0.15, -0.1) is 0 Å². The van der Waals surface area contributed by atoms with Gasteiger partial charge in [0.05, 0.1) is 18.3 Å². The number of fused-ring (bicyclic) bond motifs is 2. The first kappa shape index (κ1) is 17.6. The number of hydrogen-bond acceptors (Lipinski definition) is 9. The summed E-state index contributed by atoms with van der Waals surface area (Å²) in [6.07, 6.45) is -6.99. The third-order valence-corrected chi connectivity index (χ3v) is 7.53. The molecule has 27 heavy (non-hydrogen) atoms. The average Bonchev–Trinajstić information content (AvgIpc) is 3.27. The second-order valence-electron chi connectivity index (χ2n) is 8.78. The predicted octanol–water partition coefficient (Wildman–Crippen LogP) is -1.98. The number of carbonyl (C=O) groups is 2. The van der Waals surface area contributed by atoms with Gasteiger partial charge in [0.1, 0.15) is 23.7 Å². The van der Waals surface area contributed by atoms with Crippen molar-refractivity contribution in [3.63, 3.8) is 0 Å². The van der Waals surface area contributed by atoms with E-state index in [2.05, 4.69) is 0 Å². The largest absolute Gasteiger partial charge is 0.459 e. The average molecular weight is 382 g/mol. The second kappa shape index (κ2) is 4.72. The monoisotopic (exact) mass is 382 g/mol. The van der Waals surface area contributed by atoms with E-state index in [0.29, 0.717) is 5.57 Å². The molecule has 0 amide bonds. The molecule has 2 saturated carbocycles. The molecule has 1 spiro atoms. The number of ether oxygens (including phenoxy) is 3. The molecule has 4 N–H and O–H groups in total. The lowest BCUT2D eigenvalue weighted by Crippen LogP contribution is -2.71. The highest BCUT2D eigenvalue weighted by molar-refractivity contribution is 5.87. The predicted molar refractivity (Wildman–Crippen MR) is 84.9 cm³/mol. The summed E-state index contributed by atoms with van der Waals surface area (Å²) in [6, 6.07) is 0. The summed E-state index contributed by atoms with van der Waals surface area (Å²) in [5.74, 6) is -2.11. The number of aliphatic hydroxyl groups is 4. The van der Waals surface area contributed by atoms with Gasteiger partial charge in [-0.1, -0.05) is 6.92 Å². The number of cyclic esters (lactones) is 1. The molecule has 2 saturated heterocycles. The molecule has 9 nitrogen and oxygen atoms in total. The highest BCUT2D eigenvalue weighted by Crippen LogP contribution is 2.72. The van der Waals surface area contributed by atoms with Crippen molar-refractivity contribution in [2.24, 2.45) is 16.7 Å². The minimum Gasteiger partial charge on any atom is -0.459 e. The maximum Gasteiger partial charge on any atom is 0.331 e. The Balaban J connectivity index is 1.77. The molecule has 0 unspecified atom stereocenters. The summed E-state index contributed by atoms with van der Waals surface area (Å²) in [6.45, 7) is 4.60. The molecular weight excluding hydrogens is 360 g/mol. The molecule has 9 heteroatoms. The Morgan fingerprint density at radius 2 is 1.70 bits per heavy atom. The standard InChI is InChI=1S/C18H22O9/c1-5(19)13-18-6(4-7(20)25-13)16(2)10-9(14(18)27-18)26-15(24)17(10,3)12(23)8(21)11(16)22/h4-5,8-14,19,21-23H,1-3H3/t5-,8+,9+,10-,11+,12+,13-,14-,16-,17-,18-/m1/s1. The van der Waals surface area contributed by atoms with E-state index in [1.807, 2.05) is 0 Å². The van der Waals surface area contributed by atoms with E-state index in [1.165, 1.54) is 19.9 Å². The zero-order valence-electron chi connectivity index (χ0n) is 15.0. The van der Waals surface area contributed by atoms with E-state index in [4.69, 9.17) is 14.2 Å². The van der Waals surface area contributed by atoms with Crippen molar-refractivity contribution in [3.8, 4) is 0 Å². The Morgan fingerprint density at radius 3 is 2.33 bits per heavy atom. The fourth-order valence-corrected chi connectivity index (χ4v) is 6.28. The molecule has 0 radical (unpaired) electrons. The van der Waals surface area contributed by atoms with Crippen LogP contribution in [0.1, 0.15) is 20.8 Å². The minimum absolute atomic E-state index is 0.367. The SMILES string of the molecule is C[C@@H](O)[C@H]1OC(=O)C=C2[C@]3(C)[C@H]4[C@H](OC(=O)[C@@]4(C)[C@@H](O)[C@@H](O)[C@@H]3O)[C@H]3O[C@@]231. The molecular formula is C18H22O9. The van der Waals surface area contributed by atoms with Gasteiger partial charge in [0.15, 0.2) is 11.7 Å². The van der Waals surface area contributed by atoms with Crippen LogP contribution in [0, 0.1) is 16.7 Å². The number of rotatable bonds is 1. The molecule has 0 bridgehead atoms. The van der Waals surface area contributed by atoms with Gasteiger partial charge in [0.25, 0.3) is 0 Å². The third-order valence-electron chi connectivity index (χ3n) is 7.53. The van der Waals surface area contributed by atoms with Gasteiger partial charge in [0.2, 0.25) is 0 Å². The normalized spacial score (nSPS) is 58.9. The van der Waals surface area contributed by atoms with E-state index in [9.17, 15) is 30.0 Å². The van der Waals surface area contributed by atoms with Crippen LogP contribution in [0.3, 0.4) is 0 Å². The first-order chi connectivity index (χ1) is 12.5. The van der Waals surface area contributed by atoms with Gasteiger partial charge in [-0.25, -0.2) is 4.79 Å². The minimum atomic E-state index is -1.63. The van der Waals surface area contributed by atoms with Crippen molar-refractivity contribution >= 4 is 11.9 Å². The summed E-state index contributed by atoms with van der Waals surface area (Å²) >= 11 is 0. The Morgan fingerprint density at radius 1 is 1.07 bits per heavy atom. The molecule has 0 aromatic rings.